The van der Waals surface area contributed by atoms with E-state index in [0.29, 0.717) is 36.3 Å². The van der Waals surface area contributed by atoms with Gasteiger partial charge in [-0.05, 0) is 55.3 Å². The Labute approximate surface area is 190 Å². The molecule has 0 amide bonds. The number of ether oxygens (including phenoxy) is 2. The molecule has 0 radical (unpaired) electrons. The Kier molecular flexibility index (Phi) is 7.70. The Bertz CT molecular complexity index is 995. The van der Waals surface area contributed by atoms with E-state index in [1.807, 2.05) is 68.4 Å². The SMILES string of the molecule is CCOc1cc(CNc2ccc(C)c(Cl)c2)c(Br)cc1OCc1ccccc1Cl. The highest BCUT2D eigenvalue weighted by Crippen LogP contribution is 2.35. The molecule has 0 spiro atoms. The smallest absolute Gasteiger partial charge is 0.162 e. The van der Waals surface area contributed by atoms with Gasteiger partial charge in [0, 0.05) is 32.3 Å². The summed E-state index contributed by atoms with van der Waals surface area (Å²) >= 11 is 16.1. The highest BCUT2D eigenvalue weighted by molar-refractivity contribution is 9.10. The summed E-state index contributed by atoms with van der Waals surface area (Å²) < 4.78 is 12.7. The fraction of sp³-hybridized carbons (Fsp3) is 0.217. The van der Waals surface area contributed by atoms with Crippen LogP contribution in [0.3, 0.4) is 0 Å². The van der Waals surface area contributed by atoms with Crippen molar-refractivity contribution in [3.05, 3.63) is 85.8 Å². The van der Waals surface area contributed by atoms with E-state index in [2.05, 4.69) is 21.2 Å². The Morgan fingerprint density at radius 1 is 0.897 bits per heavy atom. The van der Waals surface area contributed by atoms with E-state index in [-0.39, 0.29) is 0 Å². The lowest BCUT2D eigenvalue weighted by molar-refractivity contribution is 0.269. The minimum Gasteiger partial charge on any atom is -0.490 e. The van der Waals surface area contributed by atoms with E-state index in [0.717, 1.165) is 31.9 Å². The second-order valence-corrected chi connectivity index (χ2v) is 8.19. The van der Waals surface area contributed by atoms with Crippen LogP contribution in [0, 0.1) is 6.92 Å². The van der Waals surface area contributed by atoms with E-state index in [9.17, 15) is 0 Å². The molecule has 3 aromatic rings. The zero-order valence-corrected chi connectivity index (χ0v) is 19.4. The van der Waals surface area contributed by atoms with Gasteiger partial charge in [0.05, 0.1) is 6.61 Å². The van der Waals surface area contributed by atoms with Crippen molar-refractivity contribution in [3.63, 3.8) is 0 Å². The molecule has 0 bridgehead atoms. The normalized spacial score (nSPS) is 10.7. The molecule has 3 aromatic carbocycles. The van der Waals surface area contributed by atoms with Crippen LogP contribution in [0.1, 0.15) is 23.6 Å². The quantitative estimate of drug-likeness (QED) is 0.348. The van der Waals surface area contributed by atoms with Crippen LogP contribution in [0.15, 0.2) is 59.1 Å². The van der Waals surface area contributed by atoms with E-state index < -0.39 is 0 Å². The molecule has 1 N–H and O–H groups in total. The van der Waals surface area contributed by atoms with Crippen LogP contribution >= 0.6 is 39.1 Å². The fourth-order valence-corrected chi connectivity index (χ4v) is 3.60. The van der Waals surface area contributed by atoms with Crippen LogP contribution in [0.25, 0.3) is 0 Å². The van der Waals surface area contributed by atoms with Crippen molar-refractivity contribution in [2.75, 3.05) is 11.9 Å². The third kappa shape index (κ3) is 5.81. The molecule has 3 rings (SSSR count). The molecule has 0 saturated carbocycles. The molecule has 3 nitrogen and oxygen atoms in total. The number of nitrogens with one attached hydrogen (secondary N) is 1. The first kappa shape index (κ1) is 21.8. The predicted molar refractivity (Wildman–Crippen MR) is 125 cm³/mol. The molecule has 6 heteroatoms. The van der Waals surface area contributed by atoms with Gasteiger partial charge in [-0.1, -0.05) is 63.4 Å². The van der Waals surface area contributed by atoms with Crippen LogP contribution in [-0.2, 0) is 13.2 Å². The van der Waals surface area contributed by atoms with E-state index in [1.54, 1.807) is 0 Å². The van der Waals surface area contributed by atoms with E-state index in [4.69, 9.17) is 32.7 Å². The topological polar surface area (TPSA) is 30.5 Å². The maximum absolute atomic E-state index is 6.23. The minimum absolute atomic E-state index is 0.367. The van der Waals surface area contributed by atoms with Gasteiger partial charge in [-0.2, -0.15) is 0 Å². The van der Waals surface area contributed by atoms with Crippen molar-refractivity contribution in [2.24, 2.45) is 0 Å². The molecular weight excluding hydrogens is 473 g/mol. The average molecular weight is 495 g/mol. The van der Waals surface area contributed by atoms with Gasteiger partial charge in [0.15, 0.2) is 11.5 Å². The first-order valence-electron chi connectivity index (χ1n) is 9.29. The maximum Gasteiger partial charge on any atom is 0.162 e. The largest absolute Gasteiger partial charge is 0.490 e. The Balaban J connectivity index is 1.76. The number of benzene rings is 3. The van der Waals surface area contributed by atoms with Crippen LogP contribution in [0.2, 0.25) is 10.0 Å². The summed E-state index contributed by atoms with van der Waals surface area (Å²) in [5.41, 5.74) is 3.99. The summed E-state index contributed by atoms with van der Waals surface area (Å²) in [6.45, 7) is 5.46. The molecule has 0 saturated heterocycles. The zero-order chi connectivity index (χ0) is 20.8. The highest BCUT2D eigenvalue weighted by Gasteiger charge is 2.12. The average Bonchev–Trinajstić information content (AvgIpc) is 2.70. The maximum atomic E-state index is 6.23. The minimum atomic E-state index is 0.367. The number of aryl methyl sites for hydroxylation is 1. The number of rotatable bonds is 8. The summed E-state index contributed by atoms with van der Waals surface area (Å²) in [5.74, 6) is 1.36. The number of hydrogen-bond donors (Lipinski definition) is 1. The zero-order valence-electron chi connectivity index (χ0n) is 16.3. The standard InChI is InChI=1S/C23H22BrCl2NO2/c1-3-28-22-10-17(13-27-18-9-8-15(2)21(26)11-18)19(24)12-23(22)29-14-16-6-4-5-7-20(16)25/h4-12,27H,3,13-14H2,1-2H3. The molecule has 0 aliphatic rings. The van der Waals surface area contributed by atoms with E-state index in [1.165, 1.54) is 0 Å². The lowest BCUT2D eigenvalue weighted by atomic mass is 10.1. The number of anilines is 1. The molecule has 29 heavy (non-hydrogen) atoms. The Morgan fingerprint density at radius 3 is 2.38 bits per heavy atom. The Hall–Kier alpha value is -1.88. The monoisotopic (exact) mass is 493 g/mol. The second kappa shape index (κ2) is 10.2. The second-order valence-electron chi connectivity index (χ2n) is 6.52. The number of hydrogen-bond acceptors (Lipinski definition) is 3. The van der Waals surface area contributed by atoms with Crippen molar-refractivity contribution < 1.29 is 9.47 Å². The predicted octanol–water partition coefficient (Wildman–Crippen LogP) is 7.65. The molecular formula is C23H22BrCl2NO2. The molecule has 0 aliphatic heterocycles. The molecule has 152 valence electrons. The van der Waals surface area contributed by atoms with Crippen molar-refractivity contribution >= 4 is 44.8 Å². The van der Waals surface area contributed by atoms with Gasteiger partial charge >= 0.3 is 0 Å². The first-order chi connectivity index (χ1) is 14.0. The lowest BCUT2D eigenvalue weighted by Gasteiger charge is -2.16. The summed E-state index contributed by atoms with van der Waals surface area (Å²) in [4.78, 5) is 0. The van der Waals surface area contributed by atoms with Crippen molar-refractivity contribution in [1.29, 1.82) is 0 Å². The first-order valence-corrected chi connectivity index (χ1v) is 10.8. The third-order valence-electron chi connectivity index (χ3n) is 4.41. The van der Waals surface area contributed by atoms with Crippen LogP contribution in [0.5, 0.6) is 11.5 Å². The van der Waals surface area contributed by atoms with Gasteiger partial charge in [0.1, 0.15) is 6.61 Å². The molecule has 0 heterocycles. The van der Waals surface area contributed by atoms with Crippen LogP contribution in [-0.4, -0.2) is 6.61 Å². The molecule has 0 aliphatic carbocycles. The van der Waals surface area contributed by atoms with E-state index >= 15 is 0 Å². The van der Waals surface area contributed by atoms with Gasteiger partial charge in [-0.15, -0.1) is 0 Å². The summed E-state index contributed by atoms with van der Waals surface area (Å²) in [6.07, 6.45) is 0. The number of halogens is 3. The van der Waals surface area contributed by atoms with Crippen LogP contribution < -0.4 is 14.8 Å². The van der Waals surface area contributed by atoms with Gasteiger partial charge < -0.3 is 14.8 Å². The molecule has 0 aromatic heterocycles. The van der Waals surface area contributed by atoms with Crippen LogP contribution in [0.4, 0.5) is 5.69 Å². The third-order valence-corrected chi connectivity index (χ3v) is 5.92. The van der Waals surface area contributed by atoms with Gasteiger partial charge in [-0.3, -0.25) is 0 Å². The summed E-state index contributed by atoms with van der Waals surface area (Å²) in [6, 6.07) is 17.5. The summed E-state index contributed by atoms with van der Waals surface area (Å²) in [7, 11) is 0. The van der Waals surface area contributed by atoms with Gasteiger partial charge in [-0.25, -0.2) is 0 Å². The molecule has 0 fully saturated rings. The van der Waals surface area contributed by atoms with Crippen molar-refractivity contribution in [2.45, 2.75) is 27.0 Å². The van der Waals surface area contributed by atoms with Gasteiger partial charge in [0.2, 0.25) is 0 Å². The van der Waals surface area contributed by atoms with Crippen molar-refractivity contribution in [1.82, 2.24) is 0 Å². The van der Waals surface area contributed by atoms with Gasteiger partial charge in [0.25, 0.3) is 0 Å². The van der Waals surface area contributed by atoms with Crippen molar-refractivity contribution in [3.8, 4) is 11.5 Å². The Morgan fingerprint density at radius 2 is 1.66 bits per heavy atom. The summed E-state index contributed by atoms with van der Waals surface area (Å²) in [5, 5.41) is 4.82. The lowest BCUT2D eigenvalue weighted by Crippen LogP contribution is -2.04. The molecule has 0 atom stereocenters. The molecule has 0 unspecified atom stereocenters. The highest BCUT2D eigenvalue weighted by atomic mass is 79.9. The fourth-order valence-electron chi connectivity index (χ4n) is 2.76.